The first-order chi connectivity index (χ1) is 11.6. The summed E-state index contributed by atoms with van der Waals surface area (Å²) in [5.41, 5.74) is 5.82. The third-order valence-electron chi connectivity index (χ3n) is 4.14. The molecule has 0 spiro atoms. The maximum atomic E-state index is 12.8. The van der Waals surface area contributed by atoms with E-state index < -0.39 is 0 Å². The minimum absolute atomic E-state index is 0.160. The van der Waals surface area contributed by atoms with E-state index in [1.165, 1.54) is 0 Å². The van der Waals surface area contributed by atoms with Crippen LogP contribution in [-0.4, -0.2) is 49.0 Å². The SMILES string of the molecule is CC(C)c1noc([C@@H]2CCCCN2C(=O)c2cn(CCN)nn2)n1. The van der Waals surface area contributed by atoms with Crippen molar-refractivity contribution in [2.75, 3.05) is 13.1 Å². The normalized spacial score (nSPS) is 18.3. The van der Waals surface area contributed by atoms with Crippen molar-refractivity contribution >= 4 is 5.91 Å². The summed E-state index contributed by atoms with van der Waals surface area (Å²) < 4.78 is 6.99. The summed E-state index contributed by atoms with van der Waals surface area (Å²) in [5.74, 6) is 1.19. The average Bonchev–Trinajstić information content (AvgIpc) is 3.24. The van der Waals surface area contributed by atoms with Crippen LogP contribution in [0.2, 0.25) is 0 Å². The molecule has 1 aliphatic rings. The Hall–Kier alpha value is -2.29. The number of hydrogen-bond donors (Lipinski definition) is 1. The summed E-state index contributed by atoms with van der Waals surface area (Å²) in [7, 11) is 0. The Morgan fingerprint density at radius 2 is 2.29 bits per heavy atom. The number of carbonyl (C=O) groups is 1. The molecule has 3 heterocycles. The summed E-state index contributed by atoms with van der Waals surface area (Å²) in [6.07, 6.45) is 4.41. The molecular weight excluding hydrogens is 310 g/mol. The van der Waals surface area contributed by atoms with Gasteiger partial charge in [-0.3, -0.25) is 9.48 Å². The minimum atomic E-state index is -0.203. The third kappa shape index (κ3) is 3.30. The van der Waals surface area contributed by atoms with Gasteiger partial charge in [0.1, 0.15) is 6.04 Å². The Labute approximate surface area is 140 Å². The second kappa shape index (κ2) is 7.08. The molecular formula is C15H23N7O2. The molecule has 9 heteroatoms. The fourth-order valence-electron chi connectivity index (χ4n) is 2.83. The Balaban J connectivity index is 1.81. The van der Waals surface area contributed by atoms with Crippen LogP contribution in [0.25, 0.3) is 0 Å². The van der Waals surface area contributed by atoms with E-state index in [4.69, 9.17) is 10.3 Å². The number of nitrogens with two attached hydrogens (primary N) is 1. The van der Waals surface area contributed by atoms with Crippen LogP contribution in [0.5, 0.6) is 0 Å². The van der Waals surface area contributed by atoms with Gasteiger partial charge in [0.25, 0.3) is 5.91 Å². The van der Waals surface area contributed by atoms with Gasteiger partial charge in [-0.1, -0.05) is 24.2 Å². The summed E-state index contributed by atoms with van der Waals surface area (Å²) in [5, 5.41) is 11.9. The lowest BCUT2D eigenvalue weighted by molar-refractivity contribution is 0.0555. The Morgan fingerprint density at radius 1 is 1.46 bits per heavy atom. The van der Waals surface area contributed by atoms with Crippen molar-refractivity contribution in [3.8, 4) is 0 Å². The predicted octanol–water partition coefficient (Wildman–Crippen LogP) is 1.11. The van der Waals surface area contributed by atoms with Gasteiger partial charge in [0, 0.05) is 19.0 Å². The van der Waals surface area contributed by atoms with E-state index in [2.05, 4.69) is 20.5 Å². The van der Waals surface area contributed by atoms with Gasteiger partial charge in [-0.15, -0.1) is 5.10 Å². The van der Waals surface area contributed by atoms with Crippen molar-refractivity contribution in [2.24, 2.45) is 5.73 Å². The maximum absolute atomic E-state index is 12.8. The summed E-state index contributed by atoms with van der Waals surface area (Å²) in [6.45, 7) is 5.64. The zero-order chi connectivity index (χ0) is 17.1. The van der Waals surface area contributed by atoms with E-state index in [1.807, 2.05) is 13.8 Å². The number of rotatable bonds is 5. The van der Waals surface area contributed by atoms with Crippen LogP contribution >= 0.6 is 0 Å². The molecule has 24 heavy (non-hydrogen) atoms. The first kappa shape index (κ1) is 16.6. The molecule has 1 saturated heterocycles. The molecule has 0 unspecified atom stereocenters. The van der Waals surface area contributed by atoms with E-state index >= 15 is 0 Å². The van der Waals surface area contributed by atoms with E-state index in [0.29, 0.717) is 37.0 Å². The summed E-state index contributed by atoms with van der Waals surface area (Å²) >= 11 is 0. The highest BCUT2D eigenvalue weighted by Crippen LogP contribution is 2.31. The van der Waals surface area contributed by atoms with Crippen molar-refractivity contribution in [3.05, 3.63) is 23.6 Å². The standard InChI is InChI=1S/C15H23N7O2/c1-10(2)13-17-14(24-19-13)12-5-3-4-7-22(12)15(23)11-9-21(8-6-16)20-18-11/h9-10,12H,3-8,16H2,1-2H3/t12-/m0/s1. The molecule has 2 N–H and O–H groups in total. The smallest absolute Gasteiger partial charge is 0.276 e. The van der Waals surface area contributed by atoms with Crippen molar-refractivity contribution in [1.29, 1.82) is 0 Å². The number of piperidine rings is 1. The number of likely N-dealkylation sites (tertiary alicyclic amines) is 1. The molecule has 1 amide bonds. The average molecular weight is 333 g/mol. The molecule has 0 aromatic carbocycles. The number of carbonyl (C=O) groups excluding carboxylic acids is 1. The molecule has 3 rings (SSSR count). The molecule has 1 atom stereocenters. The van der Waals surface area contributed by atoms with Gasteiger partial charge in [0.2, 0.25) is 5.89 Å². The Morgan fingerprint density at radius 3 is 3.00 bits per heavy atom. The largest absolute Gasteiger partial charge is 0.337 e. The molecule has 0 aliphatic carbocycles. The van der Waals surface area contributed by atoms with Gasteiger partial charge < -0.3 is 15.2 Å². The minimum Gasteiger partial charge on any atom is -0.337 e. The van der Waals surface area contributed by atoms with Gasteiger partial charge >= 0.3 is 0 Å². The van der Waals surface area contributed by atoms with Crippen molar-refractivity contribution in [2.45, 2.75) is 51.6 Å². The van der Waals surface area contributed by atoms with Gasteiger partial charge in [0.15, 0.2) is 11.5 Å². The summed E-state index contributed by atoms with van der Waals surface area (Å²) in [4.78, 5) is 19.1. The third-order valence-corrected chi connectivity index (χ3v) is 4.14. The fourth-order valence-corrected chi connectivity index (χ4v) is 2.83. The van der Waals surface area contributed by atoms with Gasteiger partial charge in [-0.05, 0) is 19.3 Å². The van der Waals surface area contributed by atoms with E-state index in [1.54, 1.807) is 15.8 Å². The lowest BCUT2D eigenvalue weighted by Crippen LogP contribution is -2.38. The molecule has 2 aromatic heterocycles. The highest BCUT2D eigenvalue weighted by molar-refractivity contribution is 5.92. The predicted molar refractivity (Wildman–Crippen MR) is 85.1 cm³/mol. The highest BCUT2D eigenvalue weighted by atomic mass is 16.5. The van der Waals surface area contributed by atoms with Crippen molar-refractivity contribution in [3.63, 3.8) is 0 Å². The van der Waals surface area contributed by atoms with Crippen molar-refractivity contribution < 1.29 is 9.32 Å². The molecule has 130 valence electrons. The molecule has 0 bridgehead atoms. The summed E-state index contributed by atoms with van der Waals surface area (Å²) in [6, 6.07) is -0.203. The monoisotopic (exact) mass is 333 g/mol. The molecule has 1 aliphatic heterocycles. The van der Waals surface area contributed by atoms with Gasteiger partial charge in [-0.2, -0.15) is 4.98 Å². The first-order valence-corrected chi connectivity index (χ1v) is 8.34. The van der Waals surface area contributed by atoms with Crippen LogP contribution in [0.1, 0.15) is 67.3 Å². The molecule has 1 fully saturated rings. The molecule has 0 saturated carbocycles. The lowest BCUT2D eigenvalue weighted by Gasteiger charge is -2.32. The van der Waals surface area contributed by atoms with E-state index in [9.17, 15) is 4.79 Å². The molecule has 0 radical (unpaired) electrons. The molecule has 2 aromatic rings. The van der Waals surface area contributed by atoms with Gasteiger partial charge in [0.05, 0.1) is 12.7 Å². The van der Waals surface area contributed by atoms with Crippen LogP contribution in [0, 0.1) is 0 Å². The highest BCUT2D eigenvalue weighted by Gasteiger charge is 2.34. The maximum Gasteiger partial charge on any atom is 0.276 e. The van der Waals surface area contributed by atoms with E-state index in [-0.39, 0.29) is 17.9 Å². The fraction of sp³-hybridized carbons (Fsp3) is 0.667. The van der Waals surface area contributed by atoms with Crippen LogP contribution in [-0.2, 0) is 6.54 Å². The zero-order valence-electron chi connectivity index (χ0n) is 14.1. The zero-order valence-corrected chi connectivity index (χ0v) is 14.1. The molecule has 9 nitrogen and oxygen atoms in total. The quantitative estimate of drug-likeness (QED) is 0.871. The number of nitrogens with zero attached hydrogens (tertiary/aromatic N) is 6. The van der Waals surface area contributed by atoms with Crippen LogP contribution in [0.4, 0.5) is 0 Å². The first-order valence-electron chi connectivity index (χ1n) is 8.34. The van der Waals surface area contributed by atoms with E-state index in [0.717, 1.165) is 19.3 Å². The van der Waals surface area contributed by atoms with Crippen LogP contribution in [0.3, 0.4) is 0 Å². The number of hydrogen-bond acceptors (Lipinski definition) is 7. The van der Waals surface area contributed by atoms with Crippen LogP contribution in [0.15, 0.2) is 10.7 Å². The van der Waals surface area contributed by atoms with Gasteiger partial charge in [-0.25, -0.2) is 0 Å². The Bertz CT molecular complexity index is 694. The van der Waals surface area contributed by atoms with Crippen LogP contribution < -0.4 is 5.73 Å². The number of amides is 1. The van der Waals surface area contributed by atoms with Crippen molar-refractivity contribution in [1.82, 2.24) is 30.0 Å². The number of aromatic nitrogens is 5. The lowest BCUT2D eigenvalue weighted by atomic mass is 10.0. The Kier molecular flexibility index (Phi) is 4.89. The second-order valence-corrected chi connectivity index (χ2v) is 6.31. The topological polar surface area (TPSA) is 116 Å². The second-order valence-electron chi connectivity index (χ2n) is 6.31.